The highest BCUT2D eigenvalue weighted by atomic mass is 19.4. The summed E-state index contributed by atoms with van der Waals surface area (Å²) in [6.07, 6.45) is -4.68. The molecule has 0 radical (unpaired) electrons. The van der Waals surface area contributed by atoms with Gasteiger partial charge < -0.3 is 10.1 Å². The van der Waals surface area contributed by atoms with Gasteiger partial charge in [0, 0.05) is 6.07 Å². The molecule has 0 aliphatic carbocycles. The Kier molecular flexibility index (Phi) is 4.39. The number of ether oxygens (including phenoxy) is 1. The topological polar surface area (TPSA) is 67.0 Å². The van der Waals surface area contributed by atoms with E-state index in [0.717, 1.165) is 5.56 Å². The monoisotopic (exact) mass is 313 g/mol. The van der Waals surface area contributed by atoms with Crippen LogP contribution in [0.5, 0.6) is 5.75 Å². The lowest BCUT2D eigenvalue weighted by molar-refractivity contribution is -0.141. The number of nitrogens with one attached hydrogen (secondary N) is 2. The van der Waals surface area contributed by atoms with Crippen LogP contribution in [-0.4, -0.2) is 17.1 Å². The van der Waals surface area contributed by atoms with Gasteiger partial charge in [-0.15, -0.1) is 0 Å². The zero-order valence-electron chi connectivity index (χ0n) is 11.9. The number of hydrogen-bond acceptors (Lipinski definition) is 4. The summed E-state index contributed by atoms with van der Waals surface area (Å²) in [7, 11) is 1.52. The van der Waals surface area contributed by atoms with Gasteiger partial charge in [-0.3, -0.25) is 9.78 Å². The van der Waals surface area contributed by atoms with Crippen LogP contribution in [0.25, 0.3) is 0 Å². The normalized spacial score (nSPS) is 12.8. The zero-order chi connectivity index (χ0) is 16.3. The maximum Gasteiger partial charge on any atom is 0.433 e. The summed E-state index contributed by atoms with van der Waals surface area (Å²) in [5.41, 5.74) is -1.33. The van der Waals surface area contributed by atoms with Crippen molar-refractivity contribution in [3.63, 3.8) is 0 Å². The van der Waals surface area contributed by atoms with Crippen LogP contribution in [0, 0.1) is 0 Å². The smallest absolute Gasteiger partial charge is 0.433 e. The first kappa shape index (κ1) is 15.9. The maximum absolute atomic E-state index is 12.6. The number of alkyl halides is 3. The van der Waals surface area contributed by atoms with Gasteiger partial charge in [-0.05, 0) is 24.6 Å². The highest BCUT2D eigenvalue weighted by Crippen LogP contribution is 2.27. The maximum atomic E-state index is 12.6. The van der Waals surface area contributed by atoms with Crippen LogP contribution in [0.1, 0.15) is 24.2 Å². The van der Waals surface area contributed by atoms with Crippen molar-refractivity contribution in [1.29, 1.82) is 0 Å². The fraction of sp³-hybridized carbons (Fsp3) is 0.286. The number of methoxy groups -OCH3 is 1. The molecule has 0 amide bonds. The van der Waals surface area contributed by atoms with E-state index in [1.54, 1.807) is 31.2 Å². The summed E-state index contributed by atoms with van der Waals surface area (Å²) in [5.74, 6) is 0.381. The van der Waals surface area contributed by atoms with E-state index >= 15 is 0 Å². The van der Waals surface area contributed by atoms with Crippen molar-refractivity contribution in [3.8, 4) is 5.75 Å². The average molecular weight is 313 g/mol. The molecule has 0 aliphatic heterocycles. The summed E-state index contributed by atoms with van der Waals surface area (Å²) in [4.78, 5) is 17.0. The van der Waals surface area contributed by atoms with E-state index < -0.39 is 17.4 Å². The van der Waals surface area contributed by atoms with Crippen LogP contribution in [0.2, 0.25) is 0 Å². The van der Waals surface area contributed by atoms with Crippen LogP contribution in [-0.2, 0) is 6.18 Å². The predicted molar refractivity (Wildman–Crippen MR) is 74.9 cm³/mol. The highest BCUT2D eigenvalue weighted by molar-refractivity contribution is 5.36. The van der Waals surface area contributed by atoms with E-state index in [-0.39, 0.29) is 12.0 Å². The lowest BCUT2D eigenvalue weighted by Gasteiger charge is -2.16. The molecule has 0 saturated carbocycles. The third-order valence-electron chi connectivity index (χ3n) is 2.98. The molecule has 2 aromatic rings. The molecule has 0 saturated heterocycles. The third kappa shape index (κ3) is 3.78. The molecule has 0 spiro atoms. The van der Waals surface area contributed by atoms with E-state index in [2.05, 4.69) is 15.3 Å². The van der Waals surface area contributed by atoms with Crippen LogP contribution in [0.15, 0.2) is 35.1 Å². The van der Waals surface area contributed by atoms with E-state index in [1.807, 2.05) is 0 Å². The lowest BCUT2D eigenvalue weighted by Crippen LogP contribution is -2.20. The minimum absolute atomic E-state index is 0.241. The summed E-state index contributed by atoms with van der Waals surface area (Å²) in [6, 6.07) is 7.08. The number of hydrogen-bond donors (Lipinski definition) is 2. The van der Waals surface area contributed by atoms with Gasteiger partial charge in [-0.1, -0.05) is 12.1 Å². The molecular weight excluding hydrogens is 299 g/mol. The number of anilines is 1. The minimum atomic E-state index is -4.68. The van der Waals surface area contributed by atoms with Crippen molar-refractivity contribution < 1.29 is 17.9 Å². The molecule has 1 unspecified atom stereocenters. The van der Waals surface area contributed by atoms with Gasteiger partial charge in [0.2, 0.25) is 5.95 Å². The van der Waals surface area contributed by atoms with Gasteiger partial charge in [0.05, 0.1) is 13.2 Å². The number of rotatable bonds is 4. The standard InChI is InChI=1S/C14H14F3N3O2/c1-8(9-4-3-5-10(6-9)22-2)18-13-19-11(14(15,16)17)7-12(21)20-13/h3-8H,1-2H3,(H2,18,19,20,21). The summed E-state index contributed by atoms with van der Waals surface area (Å²) in [5, 5.41) is 2.74. The van der Waals surface area contributed by atoms with Crippen LogP contribution >= 0.6 is 0 Å². The first-order chi connectivity index (χ1) is 10.3. The summed E-state index contributed by atoms with van der Waals surface area (Å²) in [6.45, 7) is 1.73. The van der Waals surface area contributed by atoms with Gasteiger partial charge in [0.15, 0.2) is 5.69 Å². The molecule has 2 rings (SSSR count). The number of benzene rings is 1. The highest BCUT2D eigenvalue weighted by Gasteiger charge is 2.33. The molecular formula is C14H14F3N3O2. The Morgan fingerprint density at radius 2 is 2.05 bits per heavy atom. The van der Waals surface area contributed by atoms with Crippen molar-refractivity contribution in [1.82, 2.24) is 9.97 Å². The number of nitrogens with zero attached hydrogens (tertiary/aromatic N) is 1. The molecule has 0 fully saturated rings. The average Bonchev–Trinajstić information content (AvgIpc) is 2.45. The molecule has 22 heavy (non-hydrogen) atoms. The Bertz CT molecular complexity index is 713. The molecule has 1 atom stereocenters. The van der Waals surface area contributed by atoms with Crippen molar-refractivity contribution in [2.75, 3.05) is 12.4 Å². The number of halogens is 3. The van der Waals surface area contributed by atoms with E-state index in [4.69, 9.17) is 4.74 Å². The first-order valence-corrected chi connectivity index (χ1v) is 6.38. The van der Waals surface area contributed by atoms with E-state index in [9.17, 15) is 18.0 Å². The number of aromatic amines is 1. The van der Waals surface area contributed by atoms with Crippen LogP contribution < -0.4 is 15.6 Å². The second-order valence-corrected chi connectivity index (χ2v) is 4.62. The lowest BCUT2D eigenvalue weighted by atomic mass is 10.1. The Hall–Kier alpha value is -2.51. The van der Waals surface area contributed by atoms with Gasteiger partial charge in [0.1, 0.15) is 5.75 Å². The van der Waals surface area contributed by atoms with Gasteiger partial charge in [0.25, 0.3) is 5.56 Å². The molecule has 0 aliphatic rings. The van der Waals surface area contributed by atoms with Gasteiger partial charge in [-0.25, -0.2) is 4.98 Å². The fourth-order valence-corrected chi connectivity index (χ4v) is 1.87. The van der Waals surface area contributed by atoms with Gasteiger partial charge >= 0.3 is 6.18 Å². The minimum Gasteiger partial charge on any atom is -0.497 e. The molecule has 5 nitrogen and oxygen atoms in total. The fourth-order valence-electron chi connectivity index (χ4n) is 1.87. The third-order valence-corrected chi connectivity index (χ3v) is 2.98. The second kappa shape index (κ2) is 6.08. The van der Waals surface area contributed by atoms with Crippen molar-refractivity contribution in [3.05, 3.63) is 51.9 Å². The Balaban J connectivity index is 2.26. The molecule has 0 bridgehead atoms. The number of H-pyrrole nitrogens is 1. The number of aromatic nitrogens is 2. The Labute approximate surface area is 124 Å². The Morgan fingerprint density at radius 1 is 1.32 bits per heavy atom. The SMILES string of the molecule is COc1cccc(C(C)Nc2nc(C(F)(F)F)cc(=O)[nH]2)c1. The molecule has 1 heterocycles. The van der Waals surface area contributed by atoms with Crippen molar-refractivity contribution in [2.24, 2.45) is 0 Å². The summed E-state index contributed by atoms with van der Waals surface area (Å²) >= 11 is 0. The molecule has 1 aromatic heterocycles. The largest absolute Gasteiger partial charge is 0.497 e. The van der Waals surface area contributed by atoms with Gasteiger partial charge in [-0.2, -0.15) is 13.2 Å². The zero-order valence-corrected chi connectivity index (χ0v) is 11.9. The van der Waals surface area contributed by atoms with E-state index in [1.165, 1.54) is 7.11 Å². The van der Waals surface area contributed by atoms with Crippen molar-refractivity contribution in [2.45, 2.75) is 19.1 Å². The second-order valence-electron chi connectivity index (χ2n) is 4.62. The van der Waals surface area contributed by atoms with Crippen LogP contribution in [0.4, 0.5) is 19.1 Å². The predicted octanol–water partition coefficient (Wildman–Crippen LogP) is 2.97. The molecule has 1 aromatic carbocycles. The Morgan fingerprint density at radius 3 is 2.68 bits per heavy atom. The van der Waals surface area contributed by atoms with E-state index in [0.29, 0.717) is 11.8 Å². The first-order valence-electron chi connectivity index (χ1n) is 6.38. The molecule has 8 heteroatoms. The van der Waals surface area contributed by atoms with Crippen molar-refractivity contribution >= 4 is 5.95 Å². The van der Waals surface area contributed by atoms with Crippen LogP contribution in [0.3, 0.4) is 0 Å². The summed E-state index contributed by atoms with van der Waals surface area (Å²) < 4.78 is 43.0. The molecule has 118 valence electrons. The quantitative estimate of drug-likeness (QED) is 0.910. The molecule has 2 N–H and O–H groups in total.